The van der Waals surface area contributed by atoms with Gasteiger partial charge in [-0.15, -0.1) is 0 Å². The Morgan fingerprint density at radius 2 is 1.82 bits per heavy atom. The lowest BCUT2D eigenvalue weighted by atomic mass is 9.93. The van der Waals surface area contributed by atoms with Gasteiger partial charge in [0.05, 0.1) is 44.6 Å². The molecule has 2 aliphatic rings. The van der Waals surface area contributed by atoms with Gasteiger partial charge in [-0.05, 0) is 68.4 Å². The highest BCUT2D eigenvalue weighted by Crippen LogP contribution is 2.68. The van der Waals surface area contributed by atoms with Gasteiger partial charge in [0.1, 0.15) is 42.5 Å². The number of alkyl halides is 5. The first-order valence-corrected chi connectivity index (χ1v) is 19.4. The van der Waals surface area contributed by atoms with Crippen LogP contribution in [0.5, 0.6) is 0 Å². The van der Waals surface area contributed by atoms with Gasteiger partial charge < -0.3 is 15.0 Å². The van der Waals surface area contributed by atoms with Crippen LogP contribution in [0.2, 0.25) is 5.02 Å². The number of nitrogens with one attached hydrogen (secondary N) is 2. The van der Waals surface area contributed by atoms with Gasteiger partial charge in [-0.3, -0.25) is 19.1 Å². The Hall–Kier alpha value is -4.39. The van der Waals surface area contributed by atoms with E-state index in [4.69, 9.17) is 16.6 Å². The van der Waals surface area contributed by atoms with Gasteiger partial charge in [0.25, 0.3) is 12.3 Å². The molecule has 2 aliphatic carbocycles. The normalized spacial score (nSPS) is 19.1. The van der Waals surface area contributed by atoms with E-state index >= 15 is 8.78 Å². The predicted octanol–water partition coefficient (Wildman–Crippen LogP) is 7.37. The Bertz CT molecular complexity index is 2320. The molecule has 0 aliphatic heterocycles. The monoisotopic (exact) mass is 825 g/mol. The largest absolute Gasteiger partial charge is 0.593 e. The van der Waals surface area contributed by atoms with E-state index in [1.54, 1.807) is 31.3 Å². The van der Waals surface area contributed by atoms with Crippen LogP contribution in [-0.2, 0) is 48.5 Å². The van der Waals surface area contributed by atoms with Crippen molar-refractivity contribution in [2.75, 3.05) is 17.7 Å². The van der Waals surface area contributed by atoms with Crippen LogP contribution < -0.4 is 10.0 Å². The number of halogens is 8. The molecule has 7 rings (SSSR count). The molecule has 298 valence electrons. The molecule has 1 amide bonds. The summed E-state index contributed by atoms with van der Waals surface area (Å²) in [5.74, 6) is -8.05. The second kappa shape index (κ2) is 14.8. The molecule has 0 bridgehead atoms. The lowest BCUT2D eigenvalue weighted by molar-refractivity contribution is -0.123. The molecule has 10 nitrogen and oxygen atoms in total. The van der Waals surface area contributed by atoms with Gasteiger partial charge in [0, 0.05) is 41.4 Å². The summed E-state index contributed by atoms with van der Waals surface area (Å²) in [7, 11) is 1.61. The fourth-order valence-electron chi connectivity index (χ4n) is 7.55. The predicted molar refractivity (Wildman–Crippen MR) is 194 cm³/mol. The quantitative estimate of drug-likeness (QED) is 0.0787. The van der Waals surface area contributed by atoms with Gasteiger partial charge in [0.15, 0.2) is 0 Å². The molecule has 5 aromatic rings. The zero-order chi connectivity index (χ0) is 40.4. The van der Waals surface area contributed by atoms with Gasteiger partial charge in [0.2, 0.25) is 11.7 Å². The highest BCUT2D eigenvalue weighted by molar-refractivity contribution is 7.92. The highest BCUT2D eigenvalue weighted by Gasteiger charge is 2.67. The van der Waals surface area contributed by atoms with E-state index < -0.39 is 89.3 Å². The van der Waals surface area contributed by atoms with Crippen LogP contribution in [0, 0.1) is 17.6 Å². The number of benzene rings is 2. The summed E-state index contributed by atoms with van der Waals surface area (Å²) in [6.45, 7) is -0.637. The minimum Gasteiger partial charge on any atom is -0.593 e. The fourth-order valence-corrected chi connectivity index (χ4v) is 8.21. The summed E-state index contributed by atoms with van der Waals surface area (Å²) < 4.78 is 118. The maximum atomic E-state index is 15.4. The Labute approximate surface area is 323 Å². The minimum absolute atomic E-state index is 0.0257. The summed E-state index contributed by atoms with van der Waals surface area (Å²) in [5.41, 5.74) is -1.80. The van der Waals surface area contributed by atoms with Crippen LogP contribution >= 0.6 is 11.6 Å². The Balaban J connectivity index is 1.36. The summed E-state index contributed by atoms with van der Waals surface area (Å²) in [6, 6.07) is 7.90. The Kier molecular flexibility index (Phi) is 10.6. The average Bonchev–Trinajstić information content (AvgIpc) is 3.66. The van der Waals surface area contributed by atoms with Crippen molar-refractivity contribution in [3.05, 3.63) is 93.0 Å². The van der Waals surface area contributed by atoms with E-state index in [9.17, 15) is 36.4 Å². The molecule has 2 unspecified atom stereocenters. The van der Waals surface area contributed by atoms with Crippen molar-refractivity contribution in [2.24, 2.45) is 13.0 Å². The number of hydrogen-bond donors (Lipinski definition) is 3. The molecule has 1 fully saturated rings. The minimum atomic E-state index is -3.50. The highest BCUT2D eigenvalue weighted by atomic mass is 35.5. The first-order valence-electron chi connectivity index (χ1n) is 17.4. The van der Waals surface area contributed by atoms with Crippen LogP contribution in [0.3, 0.4) is 0 Å². The van der Waals surface area contributed by atoms with Crippen LogP contribution in [0.1, 0.15) is 72.1 Å². The number of aryl methyl sites for hydroxylation is 2. The number of nitrogens with zero attached hydrogens (tertiary/aromatic N) is 5. The van der Waals surface area contributed by atoms with Gasteiger partial charge in [-0.1, -0.05) is 23.7 Å². The van der Waals surface area contributed by atoms with Crippen molar-refractivity contribution in [1.82, 2.24) is 29.9 Å². The van der Waals surface area contributed by atoms with Gasteiger partial charge in [-0.2, -0.15) is 23.7 Å². The van der Waals surface area contributed by atoms with Crippen LogP contribution in [0.25, 0.3) is 22.0 Å². The number of aliphatic hydroxyl groups is 1. The molecule has 0 saturated heterocycles. The van der Waals surface area contributed by atoms with Crippen molar-refractivity contribution in [1.29, 1.82) is 0 Å². The second-order valence-electron chi connectivity index (χ2n) is 14.5. The smallest absolute Gasteiger partial charge is 0.293 e. The van der Waals surface area contributed by atoms with Crippen molar-refractivity contribution in [3.63, 3.8) is 0 Å². The molecule has 2 aromatic carbocycles. The summed E-state index contributed by atoms with van der Waals surface area (Å²) in [6.07, 6.45) is -2.07. The van der Waals surface area contributed by atoms with Crippen LogP contribution in [-0.4, -0.2) is 58.6 Å². The Morgan fingerprint density at radius 1 is 1.12 bits per heavy atom. The SMILES string of the molecule is Cn1nc(N[S+](C)[O-])c2c(Cl)ccc(-c3ccc(CCC(C)(O)CF)nc3[C@H](Cc3cc(F)cc(F)c3)NC(=O)Cn3nc(C(F)F)c4c3C(F)(F)[C@@H]3C[C@H]43)c21. The topological polar surface area (TPSA) is 133 Å². The first kappa shape index (κ1) is 39.8. The van der Waals surface area contributed by atoms with Crippen molar-refractivity contribution < 1.29 is 45.2 Å². The number of hydrogen-bond acceptors (Lipinski definition) is 7. The van der Waals surface area contributed by atoms with E-state index in [1.807, 2.05) is 0 Å². The molecule has 19 heteroatoms. The van der Waals surface area contributed by atoms with E-state index in [0.717, 1.165) is 12.1 Å². The molecule has 1 saturated carbocycles. The van der Waals surface area contributed by atoms with Crippen LogP contribution in [0.15, 0.2) is 42.5 Å². The maximum absolute atomic E-state index is 15.4. The van der Waals surface area contributed by atoms with E-state index in [1.165, 1.54) is 17.9 Å². The fraction of sp³-hybridized carbons (Fsp3) is 0.405. The number of pyridine rings is 1. The number of anilines is 1. The lowest BCUT2D eigenvalue weighted by Crippen LogP contribution is -2.35. The zero-order valence-corrected chi connectivity index (χ0v) is 31.6. The number of carbonyl (C=O) groups is 1. The average molecular weight is 826 g/mol. The lowest BCUT2D eigenvalue weighted by Gasteiger charge is -2.24. The second-order valence-corrected chi connectivity index (χ2v) is 16.0. The third-order valence-corrected chi connectivity index (χ3v) is 10.9. The van der Waals surface area contributed by atoms with Crippen molar-refractivity contribution in [3.8, 4) is 11.1 Å². The molecular formula is C37H35ClF7N7O3S. The van der Waals surface area contributed by atoms with E-state index in [2.05, 4.69) is 20.2 Å². The third kappa shape index (κ3) is 7.55. The Morgan fingerprint density at radius 3 is 2.48 bits per heavy atom. The molecule has 3 aromatic heterocycles. The standard InChI is InChI=1S/C37H35ClF7N7O3S/c1-36(54,16-39)9-8-20-4-5-21(22-6-7-25(38)29-32(22)51(2)49-35(29)50-56(3)55)30(46-20)26(12-17-10-18(40)13-19(41)11-17)47-27(53)15-52-33-28(31(48-52)34(42)43)23-14-24(23)37(33,44)45/h4-7,10-11,13,23-24,26,34,54H,8-9,12,14-16H2,1-3H3,(H,47,53)(H,49,50)/t23-,24+,26-,36?,56?/m0/s1. The summed E-state index contributed by atoms with van der Waals surface area (Å²) >= 11 is 5.07. The summed E-state index contributed by atoms with van der Waals surface area (Å²) in [5, 5.41) is 22.0. The number of carbonyl (C=O) groups excluding carboxylic acids is 1. The maximum Gasteiger partial charge on any atom is 0.293 e. The number of fused-ring (bicyclic) bond motifs is 4. The van der Waals surface area contributed by atoms with Gasteiger partial charge >= 0.3 is 0 Å². The third-order valence-electron chi connectivity index (χ3n) is 10.1. The molecule has 0 radical (unpaired) electrons. The van der Waals surface area contributed by atoms with E-state index in [-0.39, 0.29) is 53.3 Å². The number of amides is 1. The van der Waals surface area contributed by atoms with Crippen molar-refractivity contribution >= 4 is 45.6 Å². The van der Waals surface area contributed by atoms with E-state index in [0.29, 0.717) is 38.5 Å². The van der Waals surface area contributed by atoms with Gasteiger partial charge in [-0.25, -0.2) is 22.0 Å². The number of aromatic nitrogens is 5. The molecule has 3 N–H and O–H groups in total. The van der Waals surface area contributed by atoms with Crippen LogP contribution in [0.4, 0.5) is 36.6 Å². The number of rotatable bonds is 14. The first-order chi connectivity index (χ1) is 26.4. The summed E-state index contributed by atoms with van der Waals surface area (Å²) in [4.78, 5) is 18.7. The molecule has 5 atom stereocenters. The molecule has 3 heterocycles. The zero-order valence-electron chi connectivity index (χ0n) is 30.0. The molecule has 0 spiro atoms. The van der Waals surface area contributed by atoms with Crippen molar-refractivity contribution in [2.45, 2.75) is 69.1 Å². The molecule has 56 heavy (non-hydrogen) atoms. The molecular weight excluding hydrogens is 791 g/mol.